The molecule has 0 fully saturated rings. The minimum Gasteiger partial charge on any atom is -0.493 e. The first-order valence-electron chi connectivity index (χ1n) is 7.67. The molecule has 0 bridgehead atoms. The molecular formula is C19H16BrIN2O3. The Bertz CT molecular complexity index is 891. The highest BCUT2D eigenvalue weighted by Crippen LogP contribution is 2.37. The van der Waals surface area contributed by atoms with E-state index >= 15 is 0 Å². The molecule has 0 unspecified atom stereocenters. The van der Waals surface area contributed by atoms with Gasteiger partial charge in [-0.05, 0) is 87.4 Å². The Kier molecular flexibility index (Phi) is 7.48. The maximum atomic E-state index is 12.4. The zero-order chi connectivity index (χ0) is 19.1. The lowest BCUT2D eigenvalue weighted by Gasteiger charge is -2.12. The third-order valence-electron chi connectivity index (χ3n) is 3.30. The van der Waals surface area contributed by atoms with Crippen LogP contribution in [0.25, 0.3) is 6.08 Å². The number of nitrogens with zero attached hydrogens (tertiary/aromatic N) is 1. The normalized spacial score (nSPS) is 10.8. The molecule has 2 aromatic carbocycles. The van der Waals surface area contributed by atoms with Crippen molar-refractivity contribution >= 4 is 56.2 Å². The molecule has 0 aliphatic rings. The lowest BCUT2D eigenvalue weighted by Crippen LogP contribution is -2.13. The van der Waals surface area contributed by atoms with Crippen molar-refractivity contribution in [2.24, 2.45) is 0 Å². The summed E-state index contributed by atoms with van der Waals surface area (Å²) in [4.78, 5) is 12.4. The number of anilines is 1. The molecule has 1 N–H and O–H groups in total. The summed E-state index contributed by atoms with van der Waals surface area (Å²) in [6.45, 7) is 2.37. The number of rotatable bonds is 6. The van der Waals surface area contributed by atoms with E-state index in [9.17, 15) is 10.1 Å². The number of nitrogens with one attached hydrogen (secondary N) is 1. The summed E-state index contributed by atoms with van der Waals surface area (Å²) in [7, 11) is 1.53. The molecule has 1 amide bonds. The van der Waals surface area contributed by atoms with Gasteiger partial charge in [0.2, 0.25) is 0 Å². The van der Waals surface area contributed by atoms with E-state index in [4.69, 9.17) is 9.47 Å². The number of carbonyl (C=O) groups excluding carboxylic acids is 1. The van der Waals surface area contributed by atoms with E-state index < -0.39 is 5.91 Å². The molecule has 5 nitrogen and oxygen atoms in total. The summed E-state index contributed by atoms with van der Waals surface area (Å²) in [5, 5.41) is 12.1. The van der Waals surface area contributed by atoms with Crippen molar-refractivity contribution in [1.29, 1.82) is 5.26 Å². The van der Waals surface area contributed by atoms with E-state index in [-0.39, 0.29) is 5.57 Å². The molecule has 0 saturated heterocycles. The smallest absolute Gasteiger partial charge is 0.266 e. The zero-order valence-corrected chi connectivity index (χ0v) is 17.9. The molecule has 7 heteroatoms. The number of amides is 1. The Morgan fingerprint density at radius 2 is 2.15 bits per heavy atom. The highest BCUT2D eigenvalue weighted by molar-refractivity contribution is 14.1. The first-order valence-corrected chi connectivity index (χ1v) is 9.54. The number of methoxy groups -OCH3 is 1. The van der Waals surface area contributed by atoms with E-state index in [0.29, 0.717) is 33.8 Å². The van der Waals surface area contributed by atoms with Crippen molar-refractivity contribution in [3.05, 3.63) is 55.6 Å². The fourth-order valence-electron chi connectivity index (χ4n) is 2.19. The van der Waals surface area contributed by atoms with Crippen LogP contribution < -0.4 is 14.8 Å². The number of nitriles is 1. The largest absolute Gasteiger partial charge is 0.493 e. The van der Waals surface area contributed by atoms with Gasteiger partial charge in [0.05, 0.1) is 18.2 Å². The van der Waals surface area contributed by atoms with Crippen LogP contribution in [0.5, 0.6) is 11.5 Å². The van der Waals surface area contributed by atoms with Crippen LogP contribution in [-0.2, 0) is 4.79 Å². The van der Waals surface area contributed by atoms with Crippen LogP contribution in [0.2, 0.25) is 0 Å². The Balaban J connectivity index is 2.32. The van der Waals surface area contributed by atoms with Crippen LogP contribution in [0.4, 0.5) is 5.69 Å². The quantitative estimate of drug-likeness (QED) is 0.326. The van der Waals surface area contributed by atoms with Crippen molar-refractivity contribution < 1.29 is 14.3 Å². The highest BCUT2D eigenvalue weighted by Gasteiger charge is 2.14. The van der Waals surface area contributed by atoms with E-state index in [2.05, 4.69) is 43.8 Å². The SMILES string of the molecule is CCOc1c(Br)cc(/C=C(\C#N)C(=O)Nc2cccc(I)c2)cc1OC. The van der Waals surface area contributed by atoms with Gasteiger partial charge in [-0.25, -0.2) is 0 Å². The maximum Gasteiger partial charge on any atom is 0.266 e. The summed E-state index contributed by atoms with van der Waals surface area (Å²) >= 11 is 5.59. The number of halogens is 2. The second-order valence-electron chi connectivity index (χ2n) is 5.10. The number of ether oxygens (including phenoxy) is 2. The molecule has 0 radical (unpaired) electrons. The Labute approximate surface area is 174 Å². The summed E-state index contributed by atoms with van der Waals surface area (Å²) in [5.41, 5.74) is 1.27. The van der Waals surface area contributed by atoms with Gasteiger partial charge in [0.25, 0.3) is 5.91 Å². The van der Waals surface area contributed by atoms with Crippen LogP contribution in [0.3, 0.4) is 0 Å². The molecule has 2 rings (SSSR count). The standard InChI is InChI=1S/C19H16BrIN2O3/c1-3-26-18-16(20)8-12(9-17(18)25-2)7-13(11-22)19(24)23-15-6-4-5-14(21)10-15/h4-10H,3H2,1-2H3,(H,23,24)/b13-7+. The summed E-state index contributed by atoms with van der Waals surface area (Å²) in [5.74, 6) is 0.621. The first-order chi connectivity index (χ1) is 12.5. The predicted octanol–water partition coefficient (Wildman–Crippen LogP) is 5.01. The fraction of sp³-hybridized carbons (Fsp3) is 0.158. The van der Waals surface area contributed by atoms with Crippen molar-refractivity contribution in [1.82, 2.24) is 0 Å². The second-order valence-corrected chi connectivity index (χ2v) is 7.20. The van der Waals surface area contributed by atoms with Gasteiger partial charge in [-0.3, -0.25) is 4.79 Å². The predicted molar refractivity (Wildman–Crippen MR) is 113 cm³/mol. The van der Waals surface area contributed by atoms with Gasteiger partial charge in [0.1, 0.15) is 11.6 Å². The molecule has 134 valence electrons. The topological polar surface area (TPSA) is 71.3 Å². The van der Waals surface area contributed by atoms with Gasteiger partial charge >= 0.3 is 0 Å². The molecule has 0 saturated carbocycles. The molecule has 0 heterocycles. The molecule has 26 heavy (non-hydrogen) atoms. The van der Waals surface area contributed by atoms with Crippen LogP contribution in [0, 0.1) is 14.9 Å². The van der Waals surface area contributed by atoms with Crippen molar-refractivity contribution in [2.45, 2.75) is 6.92 Å². The lowest BCUT2D eigenvalue weighted by atomic mass is 10.1. The fourth-order valence-corrected chi connectivity index (χ4v) is 3.30. The monoisotopic (exact) mass is 526 g/mol. The molecule has 0 aliphatic heterocycles. The summed E-state index contributed by atoms with van der Waals surface area (Å²) in [6, 6.07) is 12.8. The average molecular weight is 527 g/mol. The van der Waals surface area contributed by atoms with Crippen LogP contribution in [-0.4, -0.2) is 19.6 Å². The van der Waals surface area contributed by atoms with E-state index in [1.54, 1.807) is 18.2 Å². The number of hydrogen-bond donors (Lipinski definition) is 1. The van der Waals surface area contributed by atoms with Crippen molar-refractivity contribution in [2.75, 3.05) is 19.0 Å². The molecular weight excluding hydrogens is 511 g/mol. The van der Waals surface area contributed by atoms with E-state index in [1.807, 2.05) is 31.2 Å². The molecule has 0 aliphatic carbocycles. The molecule has 0 spiro atoms. The maximum absolute atomic E-state index is 12.4. The first kappa shape index (κ1) is 20.3. The lowest BCUT2D eigenvalue weighted by molar-refractivity contribution is -0.112. The third kappa shape index (κ3) is 5.22. The minimum atomic E-state index is -0.474. The zero-order valence-electron chi connectivity index (χ0n) is 14.2. The third-order valence-corrected chi connectivity index (χ3v) is 4.56. The van der Waals surface area contributed by atoms with Crippen molar-refractivity contribution in [3.63, 3.8) is 0 Å². The number of carbonyl (C=O) groups is 1. The Hall–Kier alpha value is -2.05. The minimum absolute atomic E-state index is 0.0121. The van der Waals surface area contributed by atoms with Crippen LogP contribution in [0.1, 0.15) is 12.5 Å². The van der Waals surface area contributed by atoms with E-state index in [0.717, 1.165) is 3.57 Å². The van der Waals surface area contributed by atoms with Gasteiger partial charge in [-0.1, -0.05) is 6.07 Å². The Morgan fingerprint density at radius 3 is 2.77 bits per heavy atom. The summed E-state index contributed by atoms with van der Waals surface area (Å²) in [6.07, 6.45) is 1.51. The number of hydrogen-bond acceptors (Lipinski definition) is 4. The Morgan fingerprint density at radius 1 is 1.38 bits per heavy atom. The molecule has 0 atom stereocenters. The van der Waals surface area contributed by atoms with Gasteiger partial charge in [0.15, 0.2) is 11.5 Å². The average Bonchev–Trinajstić information content (AvgIpc) is 2.61. The highest BCUT2D eigenvalue weighted by atomic mass is 127. The van der Waals surface area contributed by atoms with Gasteiger partial charge < -0.3 is 14.8 Å². The van der Waals surface area contributed by atoms with Gasteiger partial charge in [0, 0.05) is 9.26 Å². The second kappa shape index (κ2) is 9.59. The van der Waals surface area contributed by atoms with Crippen LogP contribution in [0.15, 0.2) is 46.4 Å². The molecule has 0 aromatic heterocycles. The summed E-state index contributed by atoms with van der Waals surface area (Å²) < 4.78 is 12.6. The number of benzene rings is 2. The van der Waals surface area contributed by atoms with Crippen LogP contribution >= 0.6 is 38.5 Å². The molecule has 2 aromatic rings. The van der Waals surface area contributed by atoms with Gasteiger partial charge in [-0.15, -0.1) is 0 Å². The van der Waals surface area contributed by atoms with Crippen molar-refractivity contribution in [3.8, 4) is 17.6 Å². The van der Waals surface area contributed by atoms with E-state index in [1.165, 1.54) is 13.2 Å². The van der Waals surface area contributed by atoms with Gasteiger partial charge in [-0.2, -0.15) is 5.26 Å².